The van der Waals surface area contributed by atoms with Crippen LogP contribution >= 0.6 is 38.6 Å². The number of halogens is 2. The minimum Gasteiger partial charge on any atom is -0.346 e. The predicted molar refractivity (Wildman–Crippen MR) is 99.3 cm³/mol. The molecule has 0 amide bonds. The SMILES string of the molecule is Fc1ccc(Br)cc1-c1nnc(N2CCCC(c3nccs3)C2)s1. The lowest BCUT2D eigenvalue weighted by Gasteiger charge is -2.31. The molecule has 1 aliphatic heterocycles. The zero-order valence-electron chi connectivity index (χ0n) is 12.7. The summed E-state index contributed by atoms with van der Waals surface area (Å²) in [6.07, 6.45) is 4.11. The lowest BCUT2D eigenvalue weighted by atomic mass is 9.99. The Kier molecular flexibility index (Phi) is 4.60. The van der Waals surface area contributed by atoms with Gasteiger partial charge in [0.1, 0.15) is 5.82 Å². The second-order valence-corrected chi connectivity index (χ2v) is 8.47. The van der Waals surface area contributed by atoms with Crippen LogP contribution in [0.4, 0.5) is 9.52 Å². The molecule has 4 rings (SSSR count). The van der Waals surface area contributed by atoms with Gasteiger partial charge < -0.3 is 4.90 Å². The van der Waals surface area contributed by atoms with Crippen molar-refractivity contribution in [2.75, 3.05) is 18.0 Å². The lowest BCUT2D eigenvalue weighted by molar-refractivity contribution is 0.507. The van der Waals surface area contributed by atoms with Crippen LogP contribution in [0.5, 0.6) is 0 Å². The van der Waals surface area contributed by atoms with E-state index in [0.29, 0.717) is 16.5 Å². The predicted octanol–water partition coefficient (Wildman–Crippen LogP) is 4.95. The second kappa shape index (κ2) is 6.85. The number of nitrogens with zero attached hydrogens (tertiary/aromatic N) is 4. The summed E-state index contributed by atoms with van der Waals surface area (Å²) >= 11 is 6.53. The maximum Gasteiger partial charge on any atom is 0.208 e. The second-order valence-electron chi connectivity index (χ2n) is 5.67. The van der Waals surface area contributed by atoms with E-state index < -0.39 is 0 Å². The Morgan fingerprint density at radius 1 is 1.29 bits per heavy atom. The van der Waals surface area contributed by atoms with Crippen molar-refractivity contribution in [2.45, 2.75) is 18.8 Å². The van der Waals surface area contributed by atoms with Gasteiger partial charge in [-0.1, -0.05) is 27.3 Å². The van der Waals surface area contributed by atoms with Gasteiger partial charge in [-0.05, 0) is 31.0 Å². The fourth-order valence-electron chi connectivity index (χ4n) is 2.90. The molecule has 0 radical (unpaired) electrons. The van der Waals surface area contributed by atoms with Gasteiger partial charge in [-0.25, -0.2) is 9.37 Å². The normalized spacial score (nSPS) is 18.1. The van der Waals surface area contributed by atoms with Crippen LogP contribution in [-0.4, -0.2) is 28.3 Å². The largest absolute Gasteiger partial charge is 0.346 e. The fourth-order valence-corrected chi connectivity index (χ4v) is 4.93. The molecule has 0 bridgehead atoms. The molecule has 0 N–H and O–H groups in total. The van der Waals surface area contributed by atoms with Crippen molar-refractivity contribution >= 4 is 43.7 Å². The first-order chi connectivity index (χ1) is 11.7. The number of anilines is 1. The number of hydrogen-bond donors (Lipinski definition) is 0. The monoisotopic (exact) mass is 424 g/mol. The van der Waals surface area contributed by atoms with Gasteiger partial charge in [0.25, 0.3) is 0 Å². The Morgan fingerprint density at radius 2 is 2.21 bits per heavy atom. The van der Waals surface area contributed by atoms with E-state index in [4.69, 9.17) is 0 Å². The molecule has 1 fully saturated rings. The molecule has 24 heavy (non-hydrogen) atoms. The highest BCUT2D eigenvalue weighted by Crippen LogP contribution is 2.35. The van der Waals surface area contributed by atoms with E-state index in [1.807, 2.05) is 11.6 Å². The quantitative estimate of drug-likeness (QED) is 0.596. The molecule has 3 heterocycles. The third-order valence-electron chi connectivity index (χ3n) is 4.07. The molecule has 1 aliphatic rings. The maximum atomic E-state index is 14.1. The standard InChI is InChI=1S/C16H14BrFN4S2/c17-11-3-4-13(18)12(8-11)15-20-21-16(24-15)22-6-1-2-10(9-22)14-19-5-7-23-14/h3-5,7-8,10H,1-2,6,9H2. The maximum absolute atomic E-state index is 14.1. The van der Waals surface area contributed by atoms with E-state index in [2.05, 4.69) is 36.0 Å². The van der Waals surface area contributed by atoms with Crippen molar-refractivity contribution in [3.8, 4) is 10.6 Å². The third kappa shape index (κ3) is 3.22. The minimum absolute atomic E-state index is 0.278. The molecule has 0 spiro atoms. The molecule has 1 unspecified atom stereocenters. The van der Waals surface area contributed by atoms with Crippen molar-refractivity contribution in [3.05, 3.63) is 45.1 Å². The number of benzene rings is 1. The van der Waals surface area contributed by atoms with Gasteiger partial charge in [-0.15, -0.1) is 21.5 Å². The summed E-state index contributed by atoms with van der Waals surface area (Å²) in [6.45, 7) is 1.85. The van der Waals surface area contributed by atoms with Gasteiger partial charge in [0.05, 0.1) is 5.01 Å². The Hall–Kier alpha value is -1.38. The molecule has 0 saturated carbocycles. The summed E-state index contributed by atoms with van der Waals surface area (Å²) in [6, 6.07) is 4.87. The summed E-state index contributed by atoms with van der Waals surface area (Å²) in [4.78, 5) is 6.69. The summed E-state index contributed by atoms with van der Waals surface area (Å²) in [7, 11) is 0. The number of aromatic nitrogens is 3. The highest BCUT2D eigenvalue weighted by atomic mass is 79.9. The van der Waals surface area contributed by atoms with Gasteiger partial charge in [0.2, 0.25) is 5.13 Å². The molecule has 124 valence electrons. The number of hydrogen-bond acceptors (Lipinski definition) is 6. The van der Waals surface area contributed by atoms with Gasteiger partial charge in [0, 0.05) is 40.6 Å². The van der Waals surface area contributed by atoms with Crippen LogP contribution < -0.4 is 4.90 Å². The lowest BCUT2D eigenvalue weighted by Crippen LogP contribution is -2.34. The van der Waals surface area contributed by atoms with Crippen LogP contribution in [0.1, 0.15) is 23.8 Å². The van der Waals surface area contributed by atoms with Crippen molar-refractivity contribution in [3.63, 3.8) is 0 Å². The van der Waals surface area contributed by atoms with Crippen LogP contribution in [0.15, 0.2) is 34.2 Å². The topological polar surface area (TPSA) is 41.9 Å². The number of piperidine rings is 1. The van der Waals surface area contributed by atoms with Crippen molar-refractivity contribution < 1.29 is 4.39 Å². The molecule has 1 saturated heterocycles. The average Bonchev–Trinajstić information content (AvgIpc) is 3.29. The first-order valence-electron chi connectivity index (χ1n) is 7.64. The number of rotatable bonds is 3. The molecule has 4 nitrogen and oxygen atoms in total. The Bertz CT molecular complexity index is 836. The van der Waals surface area contributed by atoms with E-state index >= 15 is 0 Å². The Balaban J connectivity index is 1.57. The van der Waals surface area contributed by atoms with E-state index in [-0.39, 0.29) is 5.82 Å². The van der Waals surface area contributed by atoms with Crippen LogP contribution in [0, 0.1) is 5.82 Å². The van der Waals surface area contributed by atoms with Gasteiger partial charge >= 0.3 is 0 Å². The van der Waals surface area contributed by atoms with Crippen molar-refractivity contribution in [1.82, 2.24) is 15.2 Å². The summed E-state index contributed by atoms with van der Waals surface area (Å²) < 4.78 is 14.9. The van der Waals surface area contributed by atoms with Crippen molar-refractivity contribution in [1.29, 1.82) is 0 Å². The van der Waals surface area contributed by atoms with Crippen LogP contribution in [-0.2, 0) is 0 Å². The molecule has 1 aromatic carbocycles. The van der Waals surface area contributed by atoms with E-state index in [1.165, 1.54) is 22.4 Å². The summed E-state index contributed by atoms with van der Waals surface area (Å²) in [5, 5.41) is 13.2. The fraction of sp³-hybridized carbons (Fsp3) is 0.312. The van der Waals surface area contributed by atoms with Crippen molar-refractivity contribution in [2.24, 2.45) is 0 Å². The van der Waals surface area contributed by atoms with E-state index in [9.17, 15) is 4.39 Å². The molecule has 3 aromatic rings. The summed E-state index contributed by atoms with van der Waals surface area (Å²) in [5.41, 5.74) is 0.488. The smallest absolute Gasteiger partial charge is 0.208 e. The Labute approximate surface area is 155 Å². The summed E-state index contributed by atoms with van der Waals surface area (Å²) in [5.74, 6) is 0.161. The van der Waals surface area contributed by atoms with Crippen LogP contribution in [0.25, 0.3) is 10.6 Å². The molecule has 0 aliphatic carbocycles. The van der Waals surface area contributed by atoms with E-state index in [0.717, 1.165) is 35.5 Å². The molecular formula is C16H14BrFN4S2. The highest BCUT2D eigenvalue weighted by Gasteiger charge is 2.25. The first kappa shape index (κ1) is 16.1. The highest BCUT2D eigenvalue weighted by molar-refractivity contribution is 9.10. The van der Waals surface area contributed by atoms with Gasteiger partial charge in [0.15, 0.2) is 5.01 Å². The van der Waals surface area contributed by atoms with E-state index in [1.54, 1.807) is 23.5 Å². The third-order valence-corrected chi connectivity index (χ3v) is 6.51. The Morgan fingerprint density at radius 3 is 3.04 bits per heavy atom. The minimum atomic E-state index is -0.278. The molecule has 1 atom stereocenters. The number of thiazole rings is 1. The first-order valence-corrected chi connectivity index (χ1v) is 10.1. The molecular weight excluding hydrogens is 411 g/mol. The van der Waals surface area contributed by atoms with Crippen LogP contribution in [0.2, 0.25) is 0 Å². The molecule has 2 aromatic heterocycles. The van der Waals surface area contributed by atoms with Crippen LogP contribution in [0.3, 0.4) is 0 Å². The average molecular weight is 425 g/mol. The van der Waals surface area contributed by atoms with Gasteiger partial charge in [-0.2, -0.15) is 0 Å². The molecule has 8 heteroatoms. The zero-order chi connectivity index (χ0) is 16.5. The zero-order valence-corrected chi connectivity index (χ0v) is 15.9. The van der Waals surface area contributed by atoms with Gasteiger partial charge in [-0.3, -0.25) is 0 Å².